The average molecular weight is 364 g/mol. The van der Waals surface area contributed by atoms with E-state index in [1.54, 1.807) is 6.07 Å². The minimum absolute atomic E-state index is 0.110. The van der Waals surface area contributed by atoms with Gasteiger partial charge in [0.25, 0.3) is 5.72 Å². The van der Waals surface area contributed by atoms with Gasteiger partial charge in [-0.25, -0.2) is 13.4 Å². The number of hydrogen-bond donors (Lipinski definition) is 1. The van der Waals surface area contributed by atoms with E-state index in [9.17, 15) is 26.7 Å². The van der Waals surface area contributed by atoms with Crippen molar-refractivity contribution < 1.29 is 26.7 Å². The molecule has 0 saturated carbocycles. The Morgan fingerprint density at radius 1 is 1.30 bits per heavy atom. The normalized spacial score (nSPS) is 27.7. The molecule has 1 N–H and O–H groups in total. The summed E-state index contributed by atoms with van der Waals surface area (Å²) in [5, 5.41) is 9.53. The summed E-state index contributed by atoms with van der Waals surface area (Å²) in [5.74, 6) is 0. The number of nitrogens with zero attached hydrogens (tertiary/aromatic N) is 2. The molecule has 2 aliphatic rings. The second kappa shape index (κ2) is 5.25. The van der Waals surface area contributed by atoms with Crippen molar-refractivity contribution in [2.75, 3.05) is 0 Å². The summed E-state index contributed by atoms with van der Waals surface area (Å²) in [5.41, 5.74) is -3.43. The zero-order valence-corrected chi connectivity index (χ0v) is 13.1. The second-order valence-corrected chi connectivity index (χ2v) is 8.01. The SMILES string of the molecule is O=S(=O)(c1ccccc1)[C@H]1C[C@@](O)(C(F)(F)F)N=C2SC=CN21. The summed E-state index contributed by atoms with van der Waals surface area (Å²) in [6.45, 7) is 0. The van der Waals surface area contributed by atoms with Crippen LogP contribution >= 0.6 is 11.8 Å². The zero-order chi connectivity index (χ0) is 16.9. The van der Waals surface area contributed by atoms with Crippen LogP contribution in [-0.2, 0) is 9.84 Å². The van der Waals surface area contributed by atoms with Crippen LogP contribution in [0.2, 0.25) is 0 Å². The number of thioether (sulfide) groups is 1. The number of aliphatic hydroxyl groups is 1. The molecule has 0 aliphatic carbocycles. The summed E-state index contributed by atoms with van der Waals surface area (Å²) in [6, 6.07) is 7.18. The molecule has 2 aliphatic heterocycles. The Balaban J connectivity index is 2.09. The summed E-state index contributed by atoms with van der Waals surface area (Å²) in [6.07, 6.45) is -4.81. The zero-order valence-electron chi connectivity index (χ0n) is 11.4. The van der Waals surface area contributed by atoms with Crippen molar-refractivity contribution in [3.63, 3.8) is 0 Å². The minimum atomic E-state index is -5.07. The van der Waals surface area contributed by atoms with E-state index in [1.165, 1.54) is 35.9 Å². The summed E-state index contributed by atoms with van der Waals surface area (Å²) in [4.78, 5) is 4.35. The first kappa shape index (κ1) is 16.3. The van der Waals surface area contributed by atoms with Gasteiger partial charge in [0.1, 0.15) is 5.37 Å². The molecule has 10 heteroatoms. The molecule has 124 valence electrons. The van der Waals surface area contributed by atoms with Crippen molar-refractivity contribution in [2.24, 2.45) is 4.99 Å². The van der Waals surface area contributed by atoms with Crippen molar-refractivity contribution in [1.82, 2.24) is 4.90 Å². The third-order valence-corrected chi connectivity index (χ3v) is 6.36. The summed E-state index contributed by atoms with van der Waals surface area (Å²) >= 11 is 0.831. The first-order valence-electron chi connectivity index (χ1n) is 6.45. The van der Waals surface area contributed by atoms with E-state index in [4.69, 9.17) is 0 Å². The van der Waals surface area contributed by atoms with Crippen molar-refractivity contribution >= 4 is 26.8 Å². The van der Waals surface area contributed by atoms with Gasteiger partial charge in [0, 0.05) is 12.6 Å². The number of alkyl halides is 3. The van der Waals surface area contributed by atoms with E-state index >= 15 is 0 Å². The number of sulfone groups is 1. The molecule has 0 radical (unpaired) electrons. The molecule has 2 atom stereocenters. The number of amidine groups is 1. The molecule has 5 nitrogen and oxygen atoms in total. The molecular formula is C13H11F3N2O3S2. The number of hydrogen-bond acceptors (Lipinski definition) is 6. The molecule has 0 spiro atoms. The lowest BCUT2D eigenvalue weighted by Gasteiger charge is -2.39. The third-order valence-electron chi connectivity index (χ3n) is 3.55. The highest BCUT2D eigenvalue weighted by atomic mass is 32.2. The van der Waals surface area contributed by atoms with Crippen LogP contribution in [0.15, 0.2) is 51.8 Å². The van der Waals surface area contributed by atoms with Crippen molar-refractivity contribution in [3.05, 3.63) is 41.9 Å². The Morgan fingerprint density at radius 2 is 1.96 bits per heavy atom. The molecule has 2 heterocycles. The van der Waals surface area contributed by atoms with Gasteiger partial charge in [-0.1, -0.05) is 30.0 Å². The van der Waals surface area contributed by atoms with Gasteiger partial charge in [-0.15, -0.1) is 0 Å². The van der Waals surface area contributed by atoms with Crippen LogP contribution in [0.25, 0.3) is 0 Å². The van der Waals surface area contributed by atoms with Crippen molar-refractivity contribution in [3.8, 4) is 0 Å². The monoisotopic (exact) mass is 364 g/mol. The van der Waals surface area contributed by atoms with E-state index in [0.717, 1.165) is 16.7 Å². The fourth-order valence-corrected chi connectivity index (χ4v) is 5.00. The molecule has 1 aromatic carbocycles. The minimum Gasteiger partial charge on any atom is -0.362 e. The number of rotatable bonds is 2. The molecule has 0 aromatic heterocycles. The van der Waals surface area contributed by atoms with Crippen LogP contribution in [-0.4, -0.2) is 40.9 Å². The predicted molar refractivity (Wildman–Crippen MR) is 79.0 cm³/mol. The topological polar surface area (TPSA) is 70.0 Å². The Labute approximate surface area is 134 Å². The number of fused-ring (bicyclic) bond motifs is 1. The van der Waals surface area contributed by atoms with E-state index in [-0.39, 0.29) is 10.1 Å². The smallest absolute Gasteiger partial charge is 0.362 e. The van der Waals surface area contributed by atoms with Crippen LogP contribution < -0.4 is 0 Å². The largest absolute Gasteiger partial charge is 0.438 e. The summed E-state index contributed by atoms with van der Waals surface area (Å²) < 4.78 is 64.9. The highest BCUT2D eigenvalue weighted by Crippen LogP contribution is 2.44. The maximum absolute atomic E-state index is 13.1. The molecular weight excluding hydrogens is 353 g/mol. The molecule has 1 aromatic rings. The quantitative estimate of drug-likeness (QED) is 0.872. The number of halogens is 3. The molecule has 0 amide bonds. The Kier molecular flexibility index (Phi) is 3.73. The van der Waals surface area contributed by atoms with Crippen LogP contribution in [0, 0.1) is 0 Å². The fraction of sp³-hybridized carbons (Fsp3) is 0.308. The molecule has 0 saturated heterocycles. The van der Waals surface area contributed by atoms with Crippen LogP contribution in [0.3, 0.4) is 0 Å². The molecule has 23 heavy (non-hydrogen) atoms. The van der Waals surface area contributed by atoms with Gasteiger partial charge in [0.05, 0.1) is 4.90 Å². The van der Waals surface area contributed by atoms with E-state index in [0.29, 0.717) is 0 Å². The van der Waals surface area contributed by atoms with Gasteiger partial charge >= 0.3 is 6.18 Å². The average Bonchev–Trinajstić information content (AvgIpc) is 2.94. The highest BCUT2D eigenvalue weighted by molar-refractivity contribution is 8.16. The van der Waals surface area contributed by atoms with Crippen LogP contribution in [0.5, 0.6) is 0 Å². The van der Waals surface area contributed by atoms with Gasteiger partial charge < -0.3 is 10.0 Å². The van der Waals surface area contributed by atoms with E-state index in [2.05, 4.69) is 4.99 Å². The van der Waals surface area contributed by atoms with Gasteiger partial charge in [0.15, 0.2) is 15.0 Å². The molecule has 0 fully saturated rings. The maximum atomic E-state index is 13.1. The van der Waals surface area contributed by atoms with Crippen LogP contribution in [0.4, 0.5) is 13.2 Å². The lowest BCUT2D eigenvalue weighted by Crippen LogP contribution is -2.56. The number of benzene rings is 1. The predicted octanol–water partition coefficient (Wildman–Crippen LogP) is 2.32. The molecule has 0 unspecified atom stereocenters. The van der Waals surface area contributed by atoms with Gasteiger partial charge in [-0.2, -0.15) is 13.2 Å². The van der Waals surface area contributed by atoms with Crippen LogP contribution in [0.1, 0.15) is 6.42 Å². The third kappa shape index (κ3) is 2.64. The number of aliphatic imine (C=N–C) groups is 1. The Hall–Kier alpha value is -1.52. The van der Waals surface area contributed by atoms with E-state index < -0.39 is 33.5 Å². The van der Waals surface area contributed by atoms with E-state index in [1.807, 2.05) is 0 Å². The Bertz CT molecular complexity index is 777. The van der Waals surface area contributed by atoms with Crippen molar-refractivity contribution in [2.45, 2.75) is 28.6 Å². The molecule has 0 bridgehead atoms. The standard InChI is InChI=1S/C13H11F3N2O3S2/c14-13(15,16)12(19)8-10(18-6-7-22-11(18)17-12)23(20,21)9-4-2-1-3-5-9/h1-7,10,19H,8H2/t10-,12+/m0/s1. The molecule has 3 rings (SSSR count). The first-order valence-corrected chi connectivity index (χ1v) is 8.87. The van der Waals surface area contributed by atoms with Crippen molar-refractivity contribution in [1.29, 1.82) is 0 Å². The van der Waals surface area contributed by atoms with Gasteiger partial charge in [-0.05, 0) is 17.5 Å². The highest BCUT2D eigenvalue weighted by Gasteiger charge is 2.60. The summed E-state index contributed by atoms with van der Waals surface area (Å²) in [7, 11) is -4.13. The van der Waals surface area contributed by atoms with Gasteiger partial charge in [0.2, 0.25) is 0 Å². The second-order valence-electron chi connectivity index (χ2n) is 5.04. The maximum Gasteiger partial charge on any atom is 0.438 e. The lowest BCUT2D eigenvalue weighted by atomic mass is 10.1. The Morgan fingerprint density at radius 3 is 2.57 bits per heavy atom. The van der Waals surface area contributed by atoms with Gasteiger partial charge in [-0.3, -0.25) is 0 Å². The first-order chi connectivity index (χ1) is 10.7. The fourth-order valence-electron chi connectivity index (χ4n) is 2.34. The lowest BCUT2D eigenvalue weighted by molar-refractivity contribution is -0.262.